The topological polar surface area (TPSA) is 147 Å². The summed E-state index contributed by atoms with van der Waals surface area (Å²) in [7, 11) is 1.48. The minimum absolute atomic E-state index is 0.0284. The number of benzene rings is 2. The first kappa shape index (κ1) is 21.8. The van der Waals surface area contributed by atoms with Gasteiger partial charge in [-0.25, -0.2) is 10.2 Å². The van der Waals surface area contributed by atoms with Crippen LogP contribution in [0, 0.1) is 0 Å². The Labute approximate surface area is 187 Å². The molecule has 11 nitrogen and oxygen atoms in total. The van der Waals surface area contributed by atoms with Gasteiger partial charge >= 0.3 is 5.69 Å². The Morgan fingerprint density at radius 2 is 2.00 bits per heavy atom. The van der Waals surface area contributed by atoms with Crippen LogP contribution < -0.4 is 21.4 Å². The van der Waals surface area contributed by atoms with Crippen molar-refractivity contribution in [2.24, 2.45) is 12.1 Å². The van der Waals surface area contributed by atoms with E-state index in [2.05, 4.69) is 20.5 Å². The van der Waals surface area contributed by atoms with Gasteiger partial charge in [0, 0.05) is 7.05 Å². The molecule has 0 radical (unpaired) electrons. The molecule has 0 aliphatic carbocycles. The predicted molar refractivity (Wildman–Crippen MR) is 123 cm³/mol. The molecule has 4 aromatic rings. The zero-order chi connectivity index (χ0) is 23.4. The van der Waals surface area contributed by atoms with Crippen LogP contribution in [0.5, 0.6) is 11.5 Å². The van der Waals surface area contributed by atoms with Crippen molar-refractivity contribution in [2.45, 2.75) is 12.6 Å². The number of H-pyrrole nitrogens is 1. The lowest BCUT2D eigenvalue weighted by Crippen LogP contribution is -2.30. The lowest BCUT2D eigenvalue weighted by Gasteiger charge is -2.15. The number of phenolic OH excluding ortho intramolecular Hbond substituents is 1. The predicted octanol–water partition coefficient (Wildman–Crippen LogP) is 1.01. The lowest BCUT2D eigenvalue weighted by molar-refractivity contribution is 0.0938. The van der Waals surface area contributed by atoms with Crippen LogP contribution in [0.3, 0.4) is 0 Å². The molecule has 170 valence electrons. The highest BCUT2D eigenvalue weighted by Gasteiger charge is 2.19. The van der Waals surface area contributed by atoms with Crippen LogP contribution in [0.15, 0.2) is 69.3 Å². The Hall–Kier alpha value is -4.38. The quantitative estimate of drug-likeness (QED) is 0.231. The van der Waals surface area contributed by atoms with Crippen LogP contribution in [0.2, 0.25) is 0 Å². The number of phenols is 1. The van der Waals surface area contributed by atoms with E-state index in [1.165, 1.54) is 34.5 Å². The molecule has 2 heterocycles. The van der Waals surface area contributed by atoms with E-state index in [0.717, 1.165) is 0 Å². The van der Waals surface area contributed by atoms with Gasteiger partial charge in [0.15, 0.2) is 11.2 Å². The number of aryl methyl sites for hydroxylation is 1. The molecule has 4 N–H and O–H groups in total. The minimum atomic E-state index is -0.991. The van der Waals surface area contributed by atoms with Gasteiger partial charge in [0.05, 0.1) is 12.8 Å². The van der Waals surface area contributed by atoms with E-state index in [9.17, 15) is 19.8 Å². The molecule has 0 aliphatic rings. The molecule has 0 fully saturated rings. The molecular formula is C22H22N6O5. The molecule has 0 spiro atoms. The average Bonchev–Trinajstić information content (AvgIpc) is 3.15. The molecule has 0 saturated heterocycles. The van der Waals surface area contributed by atoms with Crippen LogP contribution in [-0.4, -0.2) is 48.2 Å². The number of hydrogen-bond acceptors (Lipinski definition) is 8. The van der Waals surface area contributed by atoms with Crippen molar-refractivity contribution in [3.05, 3.63) is 81.0 Å². The number of aromatic amines is 1. The fraction of sp³-hybridized carbons (Fsp3) is 0.182. The number of nitrogens with one attached hydrogen (secondary N) is 2. The molecule has 2 aromatic heterocycles. The van der Waals surface area contributed by atoms with E-state index in [-0.39, 0.29) is 36.0 Å². The van der Waals surface area contributed by atoms with Crippen LogP contribution in [-0.2, 0) is 13.6 Å². The number of hydrazone groups is 1. The number of aromatic hydroxyl groups is 1. The Bertz CT molecular complexity index is 1410. The second kappa shape index (κ2) is 9.40. The average molecular weight is 450 g/mol. The van der Waals surface area contributed by atoms with Crippen molar-refractivity contribution in [3.8, 4) is 11.5 Å². The van der Waals surface area contributed by atoms with Crippen molar-refractivity contribution < 1.29 is 14.9 Å². The van der Waals surface area contributed by atoms with Crippen molar-refractivity contribution in [2.75, 3.05) is 12.0 Å². The number of nitrogens with zero attached hydrogens (tertiary/aromatic N) is 4. The number of aliphatic hydroxyl groups excluding tert-OH is 1. The molecule has 1 atom stereocenters. The first-order valence-electron chi connectivity index (χ1n) is 10.1. The first-order valence-corrected chi connectivity index (χ1v) is 10.1. The van der Waals surface area contributed by atoms with Gasteiger partial charge in [-0.05, 0) is 29.8 Å². The number of hydrogen-bond donors (Lipinski definition) is 4. The Morgan fingerprint density at radius 1 is 1.21 bits per heavy atom. The van der Waals surface area contributed by atoms with E-state index in [4.69, 9.17) is 4.74 Å². The third-order valence-electron chi connectivity index (χ3n) is 4.83. The number of rotatable bonds is 8. The van der Waals surface area contributed by atoms with Crippen LogP contribution in [0.25, 0.3) is 11.2 Å². The summed E-state index contributed by atoms with van der Waals surface area (Å²) in [6, 6.07) is 15.5. The highest BCUT2D eigenvalue weighted by molar-refractivity contribution is 5.81. The van der Waals surface area contributed by atoms with Gasteiger partial charge in [-0.15, -0.1) is 0 Å². The van der Waals surface area contributed by atoms with Crippen molar-refractivity contribution in [1.29, 1.82) is 0 Å². The summed E-state index contributed by atoms with van der Waals surface area (Å²) in [5.41, 5.74) is 2.36. The van der Waals surface area contributed by atoms with Gasteiger partial charge in [0.25, 0.3) is 5.56 Å². The normalized spacial score (nSPS) is 12.3. The number of imidazole rings is 1. The van der Waals surface area contributed by atoms with Crippen molar-refractivity contribution >= 4 is 23.3 Å². The van der Waals surface area contributed by atoms with E-state index in [1.807, 2.05) is 18.2 Å². The summed E-state index contributed by atoms with van der Waals surface area (Å²) in [5, 5.41) is 24.3. The smallest absolute Gasteiger partial charge is 0.329 e. The summed E-state index contributed by atoms with van der Waals surface area (Å²) >= 11 is 0. The fourth-order valence-corrected chi connectivity index (χ4v) is 3.24. The zero-order valence-corrected chi connectivity index (χ0v) is 17.7. The molecule has 0 saturated carbocycles. The number of anilines is 1. The summed E-state index contributed by atoms with van der Waals surface area (Å²) in [6.07, 6.45) is 0.469. The summed E-state index contributed by atoms with van der Waals surface area (Å²) < 4.78 is 8.23. The Morgan fingerprint density at radius 3 is 2.76 bits per heavy atom. The van der Waals surface area contributed by atoms with Gasteiger partial charge < -0.3 is 19.5 Å². The maximum atomic E-state index is 12.5. The molecule has 4 rings (SSSR count). The number of fused-ring (bicyclic) bond motifs is 1. The van der Waals surface area contributed by atoms with Gasteiger partial charge in [-0.3, -0.25) is 14.3 Å². The highest BCUT2D eigenvalue weighted by Crippen LogP contribution is 2.17. The zero-order valence-electron chi connectivity index (χ0n) is 17.7. The molecule has 0 amide bonds. The second-order valence-corrected chi connectivity index (χ2v) is 7.28. The first-order chi connectivity index (χ1) is 15.9. The van der Waals surface area contributed by atoms with Gasteiger partial charge in [-0.2, -0.15) is 10.1 Å². The maximum Gasteiger partial charge on any atom is 0.329 e. The summed E-state index contributed by atoms with van der Waals surface area (Å²) in [4.78, 5) is 31.1. The van der Waals surface area contributed by atoms with E-state index >= 15 is 0 Å². The summed E-state index contributed by atoms with van der Waals surface area (Å²) in [6.45, 7) is -0.0754. The summed E-state index contributed by atoms with van der Waals surface area (Å²) in [5.74, 6) is 0.836. The Kier molecular flexibility index (Phi) is 6.22. The van der Waals surface area contributed by atoms with E-state index in [1.54, 1.807) is 24.3 Å². The van der Waals surface area contributed by atoms with Crippen LogP contribution in [0.4, 0.5) is 5.95 Å². The van der Waals surface area contributed by atoms with Crippen molar-refractivity contribution in [3.63, 3.8) is 0 Å². The standard InChI is InChI=1S/C22H22N6O5/c1-27-19-18(20(31)25-22(27)32)28(12-16(30)13-33-17-8-3-2-4-9-17)21(24-19)26-23-11-14-6-5-7-15(29)10-14/h2-11,16,29-30H,12-13H2,1H3,(H,24,26)(H,25,31,32). The minimum Gasteiger partial charge on any atom is -0.508 e. The highest BCUT2D eigenvalue weighted by atomic mass is 16.5. The third-order valence-corrected chi connectivity index (χ3v) is 4.83. The molecular weight excluding hydrogens is 428 g/mol. The van der Waals surface area contributed by atoms with E-state index < -0.39 is 17.4 Å². The van der Waals surface area contributed by atoms with Gasteiger partial charge in [-0.1, -0.05) is 30.3 Å². The Balaban J connectivity index is 1.63. The molecule has 1 unspecified atom stereocenters. The molecule has 0 bridgehead atoms. The lowest BCUT2D eigenvalue weighted by atomic mass is 10.2. The largest absolute Gasteiger partial charge is 0.508 e. The number of aliphatic hydroxyl groups is 1. The van der Waals surface area contributed by atoms with Crippen LogP contribution >= 0.6 is 0 Å². The maximum absolute atomic E-state index is 12.5. The third kappa shape index (κ3) is 4.93. The van der Waals surface area contributed by atoms with Gasteiger partial charge in [0.2, 0.25) is 5.95 Å². The van der Waals surface area contributed by atoms with Gasteiger partial charge in [0.1, 0.15) is 24.2 Å². The second-order valence-electron chi connectivity index (χ2n) is 7.28. The molecule has 2 aromatic carbocycles. The number of ether oxygens (including phenoxy) is 1. The van der Waals surface area contributed by atoms with Crippen molar-refractivity contribution in [1.82, 2.24) is 19.1 Å². The molecule has 11 heteroatoms. The van der Waals surface area contributed by atoms with Crippen LogP contribution in [0.1, 0.15) is 5.56 Å². The molecule has 33 heavy (non-hydrogen) atoms. The fourth-order valence-electron chi connectivity index (χ4n) is 3.24. The van der Waals surface area contributed by atoms with E-state index in [0.29, 0.717) is 11.3 Å². The SMILES string of the molecule is Cn1c(=O)[nH]c(=O)c2c1nc(NN=Cc1cccc(O)c1)n2CC(O)COc1ccccc1. The monoisotopic (exact) mass is 450 g/mol. The number of aromatic nitrogens is 4. The molecule has 0 aliphatic heterocycles. The number of para-hydroxylation sites is 1.